The molecule has 0 spiro atoms. The largest absolute Gasteiger partial charge is 0.423 e. The molecule has 18 heavy (non-hydrogen) atoms. The van der Waals surface area contributed by atoms with E-state index in [4.69, 9.17) is 4.74 Å². The predicted octanol–water partition coefficient (Wildman–Crippen LogP) is 3.23. The van der Waals surface area contributed by atoms with E-state index < -0.39 is 0 Å². The van der Waals surface area contributed by atoms with Crippen molar-refractivity contribution in [2.75, 3.05) is 0 Å². The average molecular weight is 241 g/mol. The van der Waals surface area contributed by atoms with Crippen molar-refractivity contribution in [2.45, 2.75) is 20.8 Å². The van der Waals surface area contributed by atoms with Crippen molar-refractivity contribution in [3.05, 3.63) is 58.9 Å². The maximum absolute atomic E-state index is 11.9. The van der Waals surface area contributed by atoms with Crippen LogP contribution in [0.4, 0.5) is 0 Å². The number of hydrogen-bond acceptors (Lipinski definition) is 3. The summed E-state index contributed by atoms with van der Waals surface area (Å²) in [7, 11) is 0. The normalized spacial score (nSPS) is 10.2. The topological polar surface area (TPSA) is 39.2 Å². The summed E-state index contributed by atoms with van der Waals surface area (Å²) >= 11 is 0. The van der Waals surface area contributed by atoms with Crippen LogP contribution in [0.5, 0.6) is 5.75 Å². The van der Waals surface area contributed by atoms with Gasteiger partial charge in [-0.2, -0.15) is 0 Å². The number of esters is 1. The van der Waals surface area contributed by atoms with Gasteiger partial charge in [0.05, 0.1) is 5.56 Å². The summed E-state index contributed by atoms with van der Waals surface area (Å²) in [5, 5.41) is 0. The molecule has 0 fully saturated rings. The summed E-state index contributed by atoms with van der Waals surface area (Å²) in [6.45, 7) is 5.80. The van der Waals surface area contributed by atoms with Gasteiger partial charge < -0.3 is 4.74 Å². The number of benzene rings is 1. The third-order valence-electron chi connectivity index (χ3n) is 2.68. The molecule has 2 rings (SSSR count). The van der Waals surface area contributed by atoms with Crippen molar-refractivity contribution in [3.63, 3.8) is 0 Å². The van der Waals surface area contributed by atoms with Gasteiger partial charge in [-0.3, -0.25) is 4.98 Å². The molecule has 0 saturated heterocycles. The highest BCUT2D eigenvalue weighted by Crippen LogP contribution is 2.19. The molecule has 0 atom stereocenters. The standard InChI is InChI=1S/C15H15NO2/c1-10-4-7-14(11(2)8-10)18-15(17)13-6-5-12(3)16-9-13/h4-9H,1-3H3. The van der Waals surface area contributed by atoms with Gasteiger partial charge in [-0.15, -0.1) is 0 Å². The molecule has 0 bridgehead atoms. The Bertz CT molecular complexity index is 574. The fraction of sp³-hybridized carbons (Fsp3) is 0.200. The number of carbonyl (C=O) groups excluding carboxylic acids is 1. The summed E-state index contributed by atoms with van der Waals surface area (Å²) in [5.74, 6) is 0.209. The lowest BCUT2D eigenvalue weighted by molar-refractivity contribution is 0.0733. The maximum atomic E-state index is 11.9. The van der Waals surface area contributed by atoms with Crippen molar-refractivity contribution in [3.8, 4) is 5.75 Å². The number of hydrogen-bond donors (Lipinski definition) is 0. The number of aromatic nitrogens is 1. The lowest BCUT2D eigenvalue weighted by atomic mass is 10.1. The summed E-state index contributed by atoms with van der Waals surface area (Å²) in [6.07, 6.45) is 1.53. The SMILES string of the molecule is Cc1ccc(OC(=O)c2ccc(C)nc2)c(C)c1. The van der Waals surface area contributed by atoms with Crippen LogP contribution in [0.3, 0.4) is 0 Å². The first-order valence-corrected chi connectivity index (χ1v) is 5.78. The molecule has 92 valence electrons. The van der Waals surface area contributed by atoms with E-state index in [0.717, 1.165) is 16.8 Å². The molecule has 0 aliphatic heterocycles. The summed E-state index contributed by atoms with van der Waals surface area (Å²) in [5.41, 5.74) is 3.42. The molecule has 0 N–H and O–H groups in total. The monoisotopic (exact) mass is 241 g/mol. The van der Waals surface area contributed by atoms with Crippen LogP contribution < -0.4 is 4.74 Å². The van der Waals surface area contributed by atoms with E-state index in [1.165, 1.54) is 6.20 Å². The summed E-state index contributed by atoms with van der Waals surface area (Å²) < 4.78 is 5.35. The molecule has 2 aromatic rings. The molecule has 3 heteroatoms. The Labute approximate surface area is 106 Å². The average Bonchev–Trinajstić information content (AvgIpc) is 2.33. The second-order valence-electron chi connectivity index (χ2n) is 4.35. The molecule has 0 saturated carbocycles. The van der Waals surface area contributed by atoms with Crippen LogP contribution >= 0.6 is 0 Å². The van der Waals surface area contributed by atoms with E-state index in [0.29, 0.717) is 11.3 Å². The number of nitrogens with zero attached hydrogens (tertiary/aromatic N) is 1. The highest BCUT2D eigenvalue weighted by Gasteiger charge is 2.10. The lowest BCUT2D eigenvalue weighted by Gasteiger charge is -2.07. The zero-order chi connectivity index (χ0) is 13.1. The van der Waals surface area contributed by atoms with Crippen LogP contribution in [0.15, 0.2) is 36.5 Å². The van der Waals surface area contributed by atoms with Crippen molar-refractivity contribution in [1.29, 1.82) is 0 Å². The molecular formula is C15H15NO2. The van der Waals surface area contributed by atoms with Crippen molar-refractivity contribution < 1.29 is 9.53 Å². The first-order valence-electron chi connectivity index (χ1n) is 5.78. The van der Waals surface area contributed by atoms with Gasteiger partial charge in [-0.25, -0.2) is 4.79 Å². The van der Waals surface area contributed by atoms with Crippen molar-refractivity contribution in [2.24, 2.45) is 0 Å². The molecule has 0 amide bonds. The molecule has 0 radical (unpaired) electrons. The first-order chi connectivity index (χ1) is 8.56. The Morgan fingerprint density at radius 3 is 2.50 bits per heavy atom. The van der Waals surface area contributed by atoms with Crippen LogP contribution in [0.2, 0.25) is 0 Å². The van der Waals surface area contributed by atoms with E-state index in [9.17, 15) is 4.79 Å². The highest BCUT2D eigenvalue weighted by molar-refractivity contribution is 5.90. The zero-order valence-electron chi connectivity index (χ0n) is 10.7. The molecule has 0 aliphatic carbocycles. The Kier molecular flexibility index (Phi) is 3.42. The van der Waals surface area contributed by atoms with Crippen LogP contribution in [0, 0.1) is 20.8 Å². The molecule has 1 heterocycles. The van der Waals surface area contributed by atoms with Gasteiger partial charge in [0.25, 0.3) is 0 Å². The minimum absolute atomic E-state index is 0.380. The van der Waals surface area contributed by atoms with Crippen LogP contribution in [0.25, 0.3) is 0 Å². The Morgan fingerprint density at radius 2 is 1.89 bits per heavy atom. The summed E-state index contributed by atoms with van der Waals surface area (Å²) in [6, 6.07) is 9.22. The predicted molar refractivity (Wildman–Crippen MR) is 69.8 cm³/mol. The fourth-order valence-corrected chi connectivity index (χ4v) is 1.66. The van der Waals surface area contributed by atoms with Gasteiger partial charge in [0, 0.05) is 11.9 Å². The molecule has 0 aliphatic rings. The maximum Gasteiger partial charge on any atom is 0.345 e. The van der Waals surface area contributed by atoms with E-state index in [2.05, 4.69) is 4.98 Å². The second-order valence-corrected chi connectivity index (χ2v) is 4.35. The molecule has 0 unspecified atom stereocenters. The third-order valence-corrected chi connectivity index (χ3v) is 2.68. The second kappa shape index (κ2) is 5.00. The molecule has 3 nitrogen and oxygen atoms in total. The fourth-order valence-electron chi connectivity index (χ4n) is 1.66. The molecular weight excluding hydrogens is 226 g/mol. The van der Waals surface area contributed by atoms with Crippen LogP contribution in [-0.4, -0.2) is 11.0 Å². The highest BCUT2D eigenvalue weighted by atomic mass is 16.5. The van der Waals surface area contributed by atoms with Gasteiger partial charge in [0.2, 0.25) is 0 Å². The smallest absolute Gasteiger partial charge is 0.345 e. The van der Waals surface area contributed by atoms with Gasteiger partial charge in [-0.05, 0) is 44.5 Å². The minimum Gasteiger partial charge on any atom is -0.423 e. The van der Waals surface area contributed by atoms with Gasteiger partial charge >= 0.3 is 5.97 Å². The van der Waals surface area contributed by atoms with Gasteiger partial charge in [0.15, 0.2) is 0 Å². The number of carbonyl (C=O) groups is 1. The Morgan fingerprint density at radius 1 is 1.11 bits per heavy atom. The lowest BCUT2D eigenvalue weighted by Crippen LogP contribution is -2.09. The van der Waals surface area contributed by atoms with E-state index >= 15 is 0 Å². The van der Waals surface area contributed by atoms with Crippen molar-refractivity contribution in [1.82, 2.24) is 4.98 Å². The Balaban J connectivity index is 2.18. The van der Waals surface area contributed by atoms with Crippen molar-refractivity contribution >= 4 is 5.97 Å². The van der Waals surface area contributed by atoms with Gasteiger partial charge in [-0.1, -0.05) is 17.7 Å². The van der Waals surface area contributed by atoms with E-state index in [1.54, 1.807) is 12.1 Å². The van der Waals surface area contributed by atoms with Crippen LogP contribution in [0.1, 0.15) is 27.2 Å². The minimum atomic E-state index is -0.380. The molecule has 1 aromatic carbocycles. The summed E-state index contributed by atoms with van der Waals surface area (Å²) in [4.78, 5) is 16.0. The number of pyridine rings is 1. The van der Waals surface area contributed by atoms with E-state index in [1.807, 2.05) is 39.0 Å². The van der Waals surface area contributed by atoms with Crippen LogP contribution in [-0.2, 0) is 0 Å². The number of ether oxygens (including phenoxy) is 1. The number of aryl methyl sites for hydroxylation is 3. The third kappa shape index (κ3) is 2.74. The van der Waals surface area contributed by atoms with E-state index in [-0.39, 0.29) is 5.97 Å². The zero-order valence-corrected chi connectivity index (χ0v) is 10.7. The Hall–Kier alpha value is -2.16. The van der Waals surface area contributed by atoms with Gasteiger partial charge in [0.1, 0.15) is 5.75 Å². The number of rotatable bonds is 2. The molecule has 1 aromatic heterocycles. The first kappa shape index (κ1) is 12.3. The quantitative estimate of drug-likeness (QED) is 0.598.